The van der Waals surface area contributed by atoms with Gasteiger partial charge in [-0.05, 0) is 37.6 Å². The zero-order chi connectivity index (χ0) is 20.2. The van der Waals surface area contributed by atoms with Gasteiger partial charge in [0.05, 0.1) is 38.7 Å². The highest BCUT2D eigenvalue weighted by molar-refractivity contribution is 7.13. The maximum Gasteiger partial charge on any atom is 0.311 e. The molecule has 0 aliphatic carbocycles. The number of carbonyl (C=O) groups is 1. The quantitative estimate of drug-likeness (QED) is 0.250. The number of nitrogens with zero attached hydrogens (tertiary/aromatic N) is 2. The smallest absolute Gasteiger partial charge is 0.311 e. The lowest BCUT2D eigenvalue weighted by Crippen LogP contribution is -2.07. The van der Waals surface area contributed by atoms with Crippen molar-refractivity contribution >= 4 is 28.7 Å². The monoisotopic (exact) mass is 407 g/mol. The van der Waals surface area contributed by atoms with Gasteiger partial charge in [0.2, 0.25) is 5.13 Å². The zero-order valence-corrected chi connectivity index (χ0v) is 17.1. The largest absolute Gasteiger partial charge is 0.493 e. The van der Waals surface area contributed by atoms with Crippen LogP contribution in [0, 0.1) is 0 Å². The number of hydrogen-bond acceptors (Lipinski definition) is 9. The minimum absolute atomic E-state index is 0.149. The molecule has 0 amide bonds. The van der Waals surface area contributed by atoms with Crippen LogP contribution in [0.5, 0.6) is 11.5 Å². The number of methoxy groups -OCH3 is 1. The fourth-order valence-electron chi connectivity index (χ4n) is 2.20. The van der Waals surface area contributed by atoms with E-state index in [0.717, 1.165) is 5.56 Å². The van der Waals surface area contributed by atoms with Crippen LogP contribution in [-0.4, -0.2) is 50.7 Å². The standard InChI is InChI=1S/C19H25N3O5S/c1-4-25-8-9-27-17-10-14(6-7-16(17)24-3)12-20-22-19-21-15(13-28-19)11-18(23)26-5-2/h6-7,10,12-13H,4-5,8-9,11H2,1-3H3,(H,21,22). The molecule has 28 heavy (non-hydrogen) atoms. The molecule has 0 saturated heterocycles. The van der Waals surface area contributed by atoms with E-state index in [0.29, 0.717) is 48.8 Å². The van der Waals surface area contributed by atoms with Gasteiger partial charge >= 0.3 is 5.97 Å². The van der Waals surface area contributed by atoms with Gasteiger partial charge in [0.1, 0.15) is 6.61 Å². The molecular weight excluding hydrogens is 382 g/mol. The van der Waals surface area contributed by atoms with Crippen molar-refractivity contribution in [2.24, 2.45) is 5.10 Å². The lowest BCUT2D eigenvalue weighted by Gasteiger charge is -2.11. The number of hydrogen-bond donors (Lipinski definition) is 1. The first-order chi connectivity index (χ1) is 13.7. The van der Waals surface area contributed by atoms with Crippen molar-refractivity contribution in [3.8, 4) is 11.5 Å². The van der Waals surface area contributed by atoms with Crippen LogP contribution in [0.2, 0.25) is 0 Å². The first-order valence-corrected chi connectivity index (χ1v) is 9.81. The van der Waals surface area contributed by atoms with Crippen molar-refractivity contribution in [3.63, 3.8) is 0 Å². The summed E-state index contributed by atoms with van der Waals surface area (Å²) in [6.07, 6.45) is 1.80. The number of ether oxygens (including phenoxy) is 4. The van der Waals surface area contributed by atoms with E-state index in [4.69, 9.17) is 18.9 Å². The van der Waals surface area contributed by atoms with Crippen LogP contribution in [0.25, 0.3) is 0 Å². The van der Waals surface area contributed by atoms with Crippen LogP contribution in [0.4, 0.5) is 5.13 Å². The lowest BCUT2D eigenvalue weighted by atomic mass is 10.2. The average Bonchev–Trinajstić information content (AvgIpc) is 3.12. The predicted octanol–water partition coefficient (Wildman–Crippen LogP) is 3.12. The molecule has 0 aliphatic rings. The Labute approximate surface area is 168 Å². The summed E-state index contributed by atoms with van der Waals surface area (Å²) in [7, 11) is 1.59. The van der Waals surface area contributed by atoms with Gasteiger partial charge in [-0.15, -0.1) is 11.3 Å². The normalized spacial score (nSPS) is 10.8. The Morgan fingerprint density at radius 3 is 2.86 bits per heavy atom. The van der Waals surface area contributed by atoms with Crippen LogP contribution in [-0.2, 0) is 20.7 Å². The van der Waals surface area contributed by atoms with E-state index in [1.54, 1.807) is 25.6 Å². The number of benzene rings is 1. The van der Waals surface area contributed by atoms with Crippen LogP contribution in [0.3, 0.4) is 0 Å². The molecule has 2 rings (SSSR count). The highest BCUT2D eigenvalue weighted by atomic mass is 32.1. The molecule has 152 valence electrons. The van der Waals surface area contributed by atoms with Gasteiger partial charge in [-0.25, -0.2) is 4.98 Å². The summed E-state index contributed by atoms with van der Waals surface area (Å²) in [4.78, 5) is 15.8. The molecule has 1 N–H and O–H groups in total. The molecule has 1 aromatic heterocycles. The second kappa shape index (κ2) is 11.9. The van der Waals surface area contributed by atoms with E-state index in [1.807, 2.05) is 25.1 Å². The summed E-state index contributed by atoms with van der Waals surface area (Å²) >= 11 is 1.37. The van der Waals surface area contributed by atoms with Crippen molar-refractivity contribution in [2.75, 3.05) is 39.0 Å². The molecule has 8 nitrogen and oxygen atoms in total. The van der Waals surface area contributed by atoms with Crippen LogP contribution >= 0.6 is 11.3 Å². The third-order valence-corrected chi connectivity index (χ3v) is 4.23. The highest BCUT2D eigenvalue weighted by Gasteiger charge is 2.08. The number of rotatable bonds is 12. The Hall–Kier alpha value is -2.65. The van der Waals surface area contributed by atoms with E-state index in [-0.39, 0.29) is 12.4 Å². The maximum absolute atomic E-state index is 11.5. The number of esters is 1. The molecule has 1 aromatic carbocycles. The molecule has 1 heterocycles. The molecule has 0 saturated carbocycles. The molecule has 0 unspecified atom stereocenters. The van der Waals surface area contributed by atoms with Gasteiger partial charge in [0, 0.05) is 12.0 Å². The third kappa shape index (κ3) is 7.16. The Morgan fingerprint density at radius 1 is 1.25 bits per heavy atom. The Morgan fingerprint density at radius 2 is 2.11 bits per heavy atom. The van der Waals surface area contributed by atoms with Gasteiger partial charge in [-0.1, -0.05) is 0 Å². The number of carbonyl (C=O) groups excluding carboxylic acids is 1. The number of hydrazone groups is 1. The predicted molar refractivity (Wildman–Crippen MR) is 109 cm³/mol. The Kier molecular flexibility index (Phi) is 9.23. The molecule has 0 fully saturated rings. The topological polar surface area (TPSA) is 91.3 Å². The Balaban J connectivity index is 1.92. The fourth-order valence-corrected chi connectivity index (χ4v) is 2.86. The fraction of sp³-hybridized carbons (Fsp3) is 0.421. The van der Waals surface area contributed by atoms with E-state index in [1.165, 1.54) is 11.3 Å². The molecule has 0 aliphatic heterocycles. The highest BCUT2D eigenvalue weighted by Crippen LogP contribution is 2.27. The molecule has 0 radical (unpaired) electrons. The maximum atomic E-state index is 11.5. The van der Waals surface area contributed by atoms with Crippen molar-refractivity contribution in [1.82, 2.24) is 4.98 Å². The van der Waals surface area contributed by atoms with Crippen molar-refractivity contribution in [1.29, 1.82) is 0 Å². The van der Waals surface area contributed by atoms with Crippen molar-refractivity contribution < 1.29 is 23.7 Å². The van der Waals surface area contributed by atoms with Gasteiger partial charge in [0.15, 0.2) is 11.5 Å². The second-order valence-electron chi connectivity index (χ2n) is 5.45. The summed E-state index contributed by atoms with van der Waals surface area (Å²) in [5.74, 6) is 0.972. The summed E-state index contributed by atoms with van der Waals surface area (Å²) < 4.78 is 21.2. The molecule has 9 heteroatoms. The van der Waals surface area contributed by atoms with E-state index >= 15 is 0 Å². The van der Waals surface area contributed by atoms with Gasteiger partial charge in [-0.3, -0.25) is 10.2 Å². The Bertz CT molecular complexity index is 779. The summed E-state index contributed by atoms with van der Waals surface area (Å²) in [5.41, 5.74) is 4.34. The van der Waals surface area contributed by atoms with Crippen LogP contribution in [0.15, 0.2) is 28.7 Å². The minimum atomic E-state index is -0.294. The number of thiazole rings is 1. The summed E-state index contributed by atoms with van der Waals surface area (Å²) in [6, 6.07) is 5.52. The SMILES string of the molecule is CCOCCOc1cc(C=NNc2nc(CC(=O)OCC)cs2)ccc1OC. The molecule has 0 atom stereocenters. The number of aromatic nitrogens is 1. The molecule has 2 aromatic rings. The first-order valence-electron chi connectivity index (χ1n) is 8.93. The lowest BCUT2D eigenvalue weighted by molar-refractivity contribution is -0.142. The van der Waals surface area contributed by atoms with Gasteiger partial charge in [-0.2, -0.15) is 5.10 Å². The molecular formula is C19H25N3O5S. The summed E-state index contributed by atoms with van der Waals surface area (Å²) in [6.45, 7) is 5.67. The van der Waals surface area contributed by atoms with E-state index in [9.17, 15) is 4.79 Å². The average molecular weight is 407 g/mol. The van der Waals surface area contributed by atoms with Gasteiger partial charge in [0.25, 0.3) is 0 Å². The minimum Gasteiger partial charge on any atom is -0.493 e. The van der Waals surface area contributed by atoms with Gasteiger partial charge < -0.3 is 18.9 Å². The summed E-state index contributed by atoms with van der Waals surface area (Å²) in [5, 5.41) is 6.58. The molecule has 0 bridgehead atoms. The third-order valence-electron chi connectivity index (χ3n) is 3.43. The first kappa shape index (κ1) is 21.6. The number of nitrogens with one attached hydrogen (secondary N) is 1. The van der Waals surface area contributed by atoms with E-state index in [2.05, 4.69) is 15.5 Å². The molecule has 0 spiro atoms. The van der Waals surface area contributed by atoms with Crippen LogP contribution in [0.1, 0.15) is 25.1 Å². The zero-order valence-electron chi connectivity index (χ0n) is 16.3. The van der Waals surface area contributed by atoms with Crippen LogP contribution < -0.4 is 14.9 Å². The van der Waals surface area contributed by atoms with E-state index < -0.39 is 0 Å². The van der Waals surface area contributed by atoms with Crippen molar-refractivity contribution in [2.45, 2.75) is 20.3 Å². The second-order valence-corrected chi connectivity index (χ2v) is 6.31. The van der Waals surface area contributed by atoms with Crippen molar-refractivity contribution in [3.05, 3.63) is 34.8 Å². The number of anilines is 1.